The first-order valence-corrected chi connectivity index (χ1v) is 11.2. The second-order valence-corrected chi connectivity index (χ2v) is 9.56. The van der Waals surface area contributed by atoms with E-state index in [1.54, 1.807) is 0 Å². The van der Waals surface area contributed by atoms with Crippen LogP contribution in [0.25, 0.3) is 10.9 Å². The molecule has 0 aliphatic carbocycles. The van der Waals surface area contributed by atoms with Crippen LogP contribution in [-0.4, -0.2) is 39.9 Å². The number of aliphatic hydroxyl groups excluding tert-OH is 1. The van der Waals surface area contributed by atoms with E-state index in [-0.39, 0.29) is 28.3 Å². The molecular formula is C24H31FN2O4. The van der Waals surface area contributed by atoms with Gasteiger partial charge in [0.05, 0.1) is 17.3 Å². The Morgan fingerprint density at radius 1 is 1.35 bits per heavy atom. The number of piperidine rings is 1. The van der Waals surface area contributed by atoms with Crippen LogP contribution in [0.5, 0.6) is 0 Å². The number of rotatable bonds is 4. The lowest BCUT2D eigenvalue weighted by Crippen LogP contribution is -2.55. The molecule has 0 spiro atoms. The Morgan fingerprint density at radius 3 is 2.68 bits per heavy atom. The SMILES string of the molecule is CCC1CN(c2c(F)cc3c(=O)c(C(=O)O)cn4c3c2CCC4C)CC(C)(CC)[C@H]1O. The first-order valence-electron chi connectivity index (χ1n) is 11.2. The highest BCUT2D eigenvalue weighted by atomic mass is 19.1. The van der Waals surface area contributed by atoms with Gasteiger partial charge >= 0.3 is 5.97 Å². The third-order valence-electron chi connectivity index (χ3n) is 7.67. The number of halogens is 1. The molecule has 4 atom stereocenters. The van der Waals surface area contributed by atoms with Crippen LogP contribution < -0.4 is 10.3 Å². The number of aryl methyl sites for hydroxylation is 1. The van der Waals surface area contributed by atoms with Gasteiger partial charge in [-0.2, -0.15) is 0 Å². The number of carbonyl (C=O) groups is 1. The summed E-state index contributed by atoms with van der Waals surface area (Å²) in [5.41, 5.74) is 0.584. The van der Waals surface area contributed by atoms with Crippen LogP contribution in [-0.2, 0) is 6.42 Å². The third-order valence-corrected chi connectivity index (χ3v) is 7.67. The number of nitrogens with zero attached hydrogens (tertiary/aromatic N) is 2. The number of pyridine rings is 1. The van der Waals surface area contributed by atoms with E-state index >= 15 is 4.39 Å². The summed E-state index contributed by atoms with van der Waals surface area (Å²) in [7, 11) is 0. The van der Waals surface area contributed by atoms with E-state index in [2.05, 4.69) is 0 Å². The minimum atomic E-state index is -1.30. The standard InChI is InChI=1S/C24H31FN2O4/c1-5-14-10-26(12-24(4,6-2)22(14)29)20-15-8-7-13(3)27-11-17(23(30)31)21(28)16(19(15)27)9-18(20)25/h9,11,13-14,22,29H,5-8,10,12H2,1-4H3,(H,30,31)/t13?,14?,22-,24?/m0/s1. The predicted octanol–water partition coefficient (Wildman–Crippen LogP) is 3.97. The Labute approximate surface area is 181 Å². The van der Waals surface area contributed by atoms with E-state index in [9.17, 15) is 19.8 Å². The van der Waals surface area contributed by atoms with Crippen LogP contribution in [0.2, 0.25) is 0 Å². The van der Waals surface area contributed by atoms with Crippen molar-refractivity contribution in [3.8, 4) is 0 Å². The summed E-state index contributed by atoms with van der Waals surface area (Å²) in [5.74, 6) is -1.76. The third kappa shape index (κ3) is 3.25. The fourth-order valence-corrected chi connectivity index (χ4v) is 5.52. The monoisotopic (exact) mass is 430 g/mol. The molecule has 0 saturated carbocycles. The van der Waals surface area contributed by atoms with Crippen molar-refractivity contribution in [3.05, 3.63) is 39.4 Å². The van der Waals surface area contributed by atoms with Crippen molar-refractivity contribution in [2.45, 2.75) is 65.5 Å². The zero-order valence-electron chi connectivity index (χ0n) is 18.6. The summed E-state index contributed by atoms with van der Waals surface area (Å²) in [4.78, 5) is 26.5. The molecule has 1 aromatic carbocycles. The van der Waals surface area contributed by atoms with E-state index in [0.717, 1.165) is 24.8 Å². The summed E-state index contributed by atoms with van der Waals surface area (Å²) in [6.07, 6.45) is 3.88. The van der Waals surface area contributed by atoms with Gasteiger partial charge in [-0.05, 0) is 38.7 Å². The van der Waals surface area contributed by atoms with Crippen molar-refractivity contribution >= 4 is 22.6 Å². The lowest BCUT2D eigenvalue weighted by Gasteiger charge is -2.49. The quantitative estimate of drug-likeness (QED) is 0.767. The molecule has 2 N–H and O–H groups in total. The number of aromatic carboxylic acids is 1. The zero-order chi connectivity index (χ0) is 22.7. The lowest BCUT2D eigenvalue weighted by atomic mass is 9.71. The molecular weight excluding hydrogens is 399 g/mol. The number of anilines is 1. The molecule has 1 fully saturated rings. The molecule has 1 saturated heterocycles. The van der Waals surface area contributed by atoms with Crippen LogP contribution in [0.15, 0.2) is 17.1 Å². The van der Waals surface area contributed by atoms with Gasteiger partial charge in [0.25, 0.3) is 0 Å². The molecule has 7 heteroatoms. The van der Waals surface area contributed by atoms with Gasteiger partial charge in [-0.15, -0.1) is 0 Å². The van der Waals surface area contributed by atoms with Crippen LogP contribution in [0.4, 0.5) is 10.1 Å². The first-order chi connectivity index (χ1) is 14.6. The van der Waals surface area contributed by atoms with E-state index in [1.165, 1.54) is 12.3 Å². The molecule has 1 aromatic heterocycles. The molecule has 2 aliphatic rings. The minimum Gasteiger partial charge on any atom is -0.477 e. The second kappa shape index (κ2) is 7.62. The largest absolute Gasteiger partial charge is 0.477 e. The van der Waals surface area contributed by atoms with Crippen LogP contribution in [0, 0.1) is 17.2 Å². The van der Waals surface area contributed by atoms with Gasteiger partial charge in [-0.1, -0.05) is 20.8 Å². The fourth-order valence-electron chi connectivity index (χ4n) is 5.52. The smallest absolute Gasteiger partial charge is 0.341 e. The highest BCUT2D eigenvalue weighted by Gasteiger charge is 2.44. The number of hydrogen-bond acceptors (Lipinski definition) is 4. The van der Waals surface area contributed by atoms with Crippen molar-refractivity contribution in [1.82, 2.24) is 4.57 Å². The van der Waals surface area contributed by atoms with Gasteiger partial charge in [0.1, 0.15) is 11.4 Å². The van der Waals surface area contributed by atoms with Gasteiger partial charge in [0.2, 0.25) is 5.43 Å². The number of hydrogen-bond donors (Lipinski definition) is 2. The first kappa shape index (κ1) is 21.8. The van der Waals surface area contributed by atoms with Crippen molar-refractivity contribution in [1.29, 1.82) is 0 Å². The molecule has 168 valence electrons. The van der Waals surface area contributed by atoms with Crippen molar-refractivity contribution in [2.24, 2.45) is 11.3 Å². The van der Waals surface area contributed by atoms with Crippen molar-refractivity contribution in [3.63, 3.8) is 0 Å². The fraction of sp³-hybridized carbons (Fsp3) is 0.583. The van der Waals surface area contributed by atoms with Gasteiger partial charge in [-0.3, -0.25) is 4.79 Å². The van der Waals surface area contributed by atoms with Gasteiger partial charge in [-0.25, -0.2) is 9.18 Å². The molecule has 3 heterocycles. The van der Waals surface area contributed by atoms with E-state index in [4.69, 9.17) is 0 Å². The molecule has 31 heavy (non-hydrogen) atoms. The average molecular weight is 431 g/mol. The minimum absolute atomic E-state index is 0.0134. The Morgan fingerprint density at radius 2 is 2.06 bits per heavy atom. The van der Waals surface area contributed by atoms with Crippen LogP contribution >= 0.6 is 0 Å². The average Bonchev–Trinajstić information content (AvgIpc) is 2.73. The Balaban J connectivity index is 1.97. The van der Waals surface area contributed by atoms with E-state index in [1.807, 2.05) is 37.2 Å². The van der Waals surface area contributed by atoms with Crippen LogP contribution in [0.1, 0.15) is 68.9 Å². The molecule has 3 unspecified atom stereocenters. The molecule has 0 bridgehead atoms. The molecule has 4 rings (SSSR count). The summed E-state index contributed by atoms with van der Waals surface area (Å²) in [6.45, 7) is 9.21. The zero-order valence-corrected chi connectivity index (χ0v) is 18.6. The molecule has 0 amide bonds. The van der Waals surface area contributed by atoms with Gasteiger partial charge < -0.3 is 19.7 Å². The highest BCUT2D eigenvalue weighted by Crippen LogP contribution is 2.43. The maximum absolute atomic E-state index is 15.6. The maximum atomic E-state index is 15.6. The number of benzene rings is 1. The molecule has 6 nitrogen and oxygen atoms in total. The van der Waals surface area contributed by atoms with E-state index < -0.39 is 23.3 Å². The number of carboxylic acids is 1. The normalized spacial score (nSPS) is 28.2. The van der Waals surface area contributed by atoms with Crippen LogP contribution in [0.3, 0.4) is 0 Å². The Kier molecular flexibility index (Phi) is 5.36. The summed E-state index contributed by atoms with van der Waals surface area (Å²) in [6, 6.07) is 1.23. The highest BCUT2D eigenvalue weighted by molar-refractivity contribution is 5.95. The number of carboxylic acid groups (broad SMARTS) is 1. The summed E-state index contributed by atoms with van der Waals surface area (Å²) < 4.78 is 17.4. The van der Waals surface area contributed by atoms with E-state index in [0.29, 0.717) is 30.7 Å². The summed E-state index contributed by atoms with van der Waals surface area (Å²) >= 11 is 0. The maximum Gasteiger partial charge on any atom is 0.341 e. The molecule has 2 aliphatic heterocycles. The van der Waals surface area contributed by atoms with Crippen molar-refractivity contribution < 1.29 is 19.4 Å². The summed E-state index contributed by atoms with van der Waals surface area (Å²) in [5, 5.41) is 20.5. The second-order valence-electron chi connectivity index (χ2n) is 9.56. The molecule has 2 aromatic rings. The lowest BCUT2D eigenvalue weighted by molar-refractivity contribution is -0.0251. The number of aliphatic hydroxyl groups is 1. The Hall–Kier alpha value is -2.41. The molecule has 0 radical (unpaired) electrons. The van der Waals surface area contributed by atoms with Crippen molar-refractivity contribution in [2.75, 3.05) is 18.0 Å². The number of aromatic nitrogens is 1. The van der Waals surface area contributed by atoms with Gasteiger partial charge in [0.15, 0.2) is 0 Å². The van der Waals surface area contributed by atoms with Gasteiger partial charge in [0, 0.05) is 47.6 Å². The Bertz CT molecular complexity index is 1110. The predicted molar refractivity (Wildman–Crippen MR) is 119 cm³/mol. The topological polar surface area (TPSA) is 82.8 Å².